The Labute approximate surface area is 152 Å². The number of carbonyl (C=O) groups excluding carboxylic acids is 1. The average Bonchev–Trinajstić information content (AvgIpc) is 2.67. The fourth-order valence-corrected chi connectivity index (χ4v) is 4.67. The molecule has 0 amide bonds. The molecule has 1 N–H and O–H groups in total. The lowest BCUT2D eigenvalue weighted by molar-refractivity contribution is -0.160. The summed E-state index contributed by atoms with van der Waals surface area (Å²) in [5, 5.41) is 9.99. The van der Waals surface area contributed by atoms with Gasteiger partial charge in [-0.3, -0.25) is 9.59 Å². The topological polar surface area (TPSA) is 63.6 Å². The number of carbonyl (C=O) groups is 2. The summed E-state index contributed by atoms with van der Waals surface area (Å²) in [4.78, 5) is 25.1. The van der Waals surface area contributed by atoms with Crippen molar-refractivity contribution in [3.8, 4) is 0 Å². The zero-order chi connectivity index (χ0) is 18.3. The summed E-state index contributed by atoms with van der Waals surface area (Å²) in [5.74, 6) is -3.36. The van der Waals surface area contributed by atoms with Gasteiger partial charge >= 0.3 is 11.9 Å². The molecule has 134 valence electrons. The number of rotatable bonds is 5. The summed E-state index contributed by atoms with van der Waals surface area (Å²) in [6.45, 7) is 2.38. The van der Waals surface area contributed by atoms with Gasteiger partial charge in [0.15, 0.2) is 0 Å². The molecular weight excluding hydrogens is 328 g/mol. The maximum absolute atomic E-state index is 12.9. The molecule has 3 aliphatic rings. The first-order valence-corrected chi connectivity index (χ1v) is 9.22. The van der Waals surface area contributed by atoms with Gasteiger partial charge in [-0.05, 0) is 28.7 Å². The zero-order valence-electron chi connectivity index (χ0n) is 14.7. The van der Waals surface area contributed by atoms with Crippen molar-refractivity contribution in [1.29, 1.82) is 0 Å². The second-order valence-electron chi connectivity index (χ2n) is 7.12. The van der Waals surface area contributed by atoms with Crippen LogP contribution in [0.15, 0.2) is 48.5 Å². The molecular formula is C22H22O4. The molecule has 0 unspecified atom stereocenters. The molecule has 0 heterocycles. The molecule has 2 bridgehead atoms. The van der Waals surface area contributed by atoms with Crippen LogP contribution in [0.25, 0.3) is 0 Å². The van der Waals surface area contributed by atoms with E-state index < -0.39 is 17.8 Å². The lowest BCUT2D eigenvalue weighted by Gasteiger charge is -2.47. The number of fused-ring (bicyclic) bond motifs is 1. The molecule has 4 heteroatoms. The Kier molecular flexibility index (Phi) is 4.27. The van der Waals surface area contributed by atoms with Gasteiger partial charge in [-0.1, -0.05) is 61.9 Å². The molecule has 2 atom stereocenters. The third kappa shape index (κ3) is 2.44. The Morgan fingerprint density at radius 2 is 1.35 bits per heavy atom. The average molecular weight is 350 g/mol. The standard InChI is InChI=1S/C22H22O4/c1-2-3-12-26-22(25)20-18-15-10-6-4-8-13(15)17(19(20)21(23)24)14-9-5-7-11-16(14)18/h4-11,17-20H,2-3,12H2,1H3,(H,23,24)/t17?,18?,19-,20+/m0/s1. The smallest absolute Gasteiger partial charge is 0.310 e. The van der Waals surface area contributed by atoms with Crippen LogP contribution in [-0.4, -0.2) is 23.7 Å². The highest BCUT2D eigenvalue weighted by Crippen LogP contribution is 2.58. The van der Waals surface area contributed by atoms with Crippen molar-refractivity contribution in [1.82, 2.24) is 0 Å². The largest absolute Gasteiger partial charge is 0.481 e. The van der Waals surface area contributed by atoms with Gasteiger partial charge in [-0.15, -0.1) is 0 Å². The third-order valence-electron chi connectivity index (χ3n) is 5.74. The van der Waals surface area contributed by atoms with Crippen LogP contribution in [-0.2, 0) is 14.3 Å². The molecule has 0 radical (unpaired) electrons. The molecule has 0 saturated carbocycles. The van der Waals surface area contributed by atoms with Gasteiger partial charge in [0.1, 0.15) is 0 Å². The van der Waals surface area contributed by atoms with Crippen LogP contribution in [0.1, 0.15) is 53.9 Å². The summed E-state index contributed by atoms with van der Waals surface area (Å²) in [6.07, 6.45) is 1.72. The highest BCUT2D eigenvalue weighted by atomic mass is 16.5. The highest BCUT2D eigenvalue weighted by Gasteiger charge is 2.55. The number of hydrogen-bond donors (Lipinski definition) is 1. The van der Waals surface area contributed by atoms with Crippen molar-refractivity contribution in [3.05, 3.63) is 70.8 Å². The van der Waals surface area contributed by atoms with Crippen LogP contribution in [0.5, 0.6) is 0 Å². The number of benzene rings is 2. The van der Waals surface area contributed by atoms with Crippen molar-refractivity contribution < 1.29 is 19.4 Å². The molecule has 2 aromatic rings. The molecule has 2 aromatic carbocycles. The van der Waals surface area contributed by atoms with E-state index >= 15 is 0 Å². The molecule has 0 aromatic heterocycles. The number of aliphatic carboxylic acids is 1. The second-order valence-corrected chi connectivity index (χ2v) is 7.12. The van der Waals surface area contributed by atoms with Crippen LogP contribution < -0.4 is 0 Å². The molecule has 4 nitrogen and oxygen atoms in total. The molecule has 0 saturated heterocycles. The van der Waals surface area contributed by atoms with Crippen molar-refractivity contribution in [3.63, 3.8) is 0 Å². The Balaban J connectivity index is 1.85. The van der Waals surface area contributed by atoms with E-state index in [0.717, 1.165) is 35.1 Å². The van der Waals surface area contributed by atoms with Crippen molar-refractivity contribution >= 4 is 11.9 Å². The van der Waals surface area contributed by atoms with Gasteiger partial charge in [0.2, 0.25) is 0 Å². The van der Waals surface area contributed by atoms with Crippen molar-refractivity contribution in [2.75, 3.05) is 6.61 Å². The van der Waals surface area contributed by atoms with Gasteiger partial charge in [-0.2, -0.15) is 0 Å². The number of unbranched alkanes of at least 4 members (excludes halogenated alkanes) is 1. The quantitative estimate of drug-likeness (QED) is 0.655. The van der Waals surface area contributed by atoms with E-state index in [1.807, 2.05) is 55.5 Å². The highest BCUT2D eigenvalue weighted by molar-refractivity contribution is 5.87. The Morgan fingerprint density at radius 3 is 1.77 bits per heavy atom. The summed E-state index contributed by atoms with van der Waals surface area (Å²) < 4.78 is 5.48. The molecule has 5 rings (SSSR count). The van der Waals surface area contributed by atoms with Gasteiger partial charge in [0.05, 0.1) is 18.4 Å². The van der Waals surface area contributed by atoms with Gasteiger partial charge in [0.25, 0.3) is 0 Å². The van der Waals surface area contributed by atoms with Crippen LogP contribution in [0, 0.1) is 11.8 Å². The normalized spacial score (nSPS) is 25.3. The van der Waals surface area contributed by atoms with Crippen LogP contribution in [0.2, 0.25) is 0 Å². The van der Waals surface area contributed by atoms with E-state index in [0.29, 0.717) is 6.61 Å². The Hall–Kier alpha value is -2.62. The Morgan fingerprint density at radius 1 is 0.885 bits per heavy atom. The maximum Gasteiger partial charge on any atom is 0.310 e. The third-order valence-corrected chi connectivity index (χ3v) is 5.74. The molecule has 3 aliphatic carbocycles. The fourth-order valence-electron chi connectivity index (χ4n) is 4.67. The molecule has 0 spiro atoms. The lowest BCUT2D eigenvalue weighted by atomic mass is 9.54. The van der Waals surface area contributed by atoms with E-state index in [1.54, 1.807) is 0 Å². The number of carboxylic acid groups (broad SMARTS) is 1. The van der Waals surface area contributed by atoms with Crippen LogP contribution in [0.4, 0.5) is 0 Å². The number of carboxylic acids is 1. The van der Waals surface area contributed by atoms with Crippen LogP contribution in [0.3, 0.4) is 0 Å². The summed E-state index contributed by atoms with van der Waals surface area (Å²) in [6, 6.07) is 15.8. The monoisotopic (exact) mass is 350 g/mol. The molecule has 0 aliphatic heterocycles. The number of ether oxygens (including phenoxy) is 1. The minimum atomic E-state index is -0.929. The van der Waals surface area contributed by atoms with E-state index in [2.05, 4.69) is 0 Å². The summed E-state index contributed by atoms with van der Waals surface area (Å²) >= 11 is 0. The summed E-state index contributed by atoms with van der Waals surface area (Å²) in [5.41, 5.74) is 4.18. The number of esters is 1. The fraction of sp³-hybridized carbons (Fsp3) is 0.364. The minimum Gasteiger partial charge on any atom is -0.481 e. The van der Waals surface area contributed by atoms with Gasteiger partial charge in [0, 0.05) is 11.8 Å². The minimum absolute atomic E-state index is 0.261. The SMILES string of the molecule is CCCCOC(=O)[C@@H]1C2c3ccccc3C(c3ccccc32)[C@@H]1C(=O)O. The predicted octanol–water partition coefficient (Wildman–Crippen LogP) is 3.94. The first kappa shape index (κ1) is 16.8. The molecule has 26 heavy (non-hydrogen) atoms. The second kappa shape index (κ2) is 6.60. The van der Waals surface area contributed by atoms with E-state index in [-0.39, 0.29) is 17.8 Å². The summed E-state index contributed by atoms with van der Waals surface area (Å²) in [7, 11) is 0. The first-order chi connectivity index (χ1) is 12.6. The maximum atomic E-state index is 12.9. The van der Waals surface area contributed by atoms with Gasteiger partial charge < -0.3 is 9.84 Å². The van der Waals surface area contributed by atoms with E-state index in [4.69, 9.17) is 4.74 Å². The Bertz CT molecular complexity index is 809. The first-order valence-electron chi connectivity index (χ1n) is 9.22. The van der Waals surface area contributed by atoms with Crippen molar-refractivity contribution in [2.24, 2.45) is 11.8 Å². The zero-order valence-corrected chi connectivity index (χ0v) is 14.7. The molecule has 0 fully saturated rings. The lowest BCUT2D eigenvalue weighted by Crippen LogP contribution is -2.47. The number of hydrogen-bond acceptors (Lipinski definition) is 3. The van der Waals surface area contributed by atoms with E-state index in [9.17, 15) is 14.7 Å². The predicted molar refractivity (Wildman–Crippen MR) is 97.1 cm³/mol. The van der Waals surface area contributed by atoms with Crippen molar-refractivity contribution in [2.45, 2.75) is 31.6 Å². The van der Waals surface area contributed by atoms with E-state index in [1.165, 1.54) is 0 Å². The van der Waals surface area contributed by atoms with Gasteiger partial charge in [-0.25, -0.2) is 0 Å². The van der Waals surface area contributed by atoms with Crippen LogP contribution >= 0.6 is 0 Å².